The molecule has 0 spiro atoms. The Kier molecular flexibility index (Phi) is 4.76. The number of morpholine rings is 1. The van der Waals surface area contributed by atoms with Crippen molar-refractivity contribution in [1.82, 2.24) is 4.90 Å². The third kappa shape index (κ3) is 3.66. The molecule has 1 aromatic carbocycles. The van der Waals surface area contributed by atoms with Gasteiger partial charge >= 0.3 is 5.97 Å². The molecule has 2 heterocycles. The largest absolute Gasteiger partial charge is 0.479 e. The molecule has 3 rings (SSSR count). The SMILES string of the molecule is Cc1ccc(N2CC(C(=O)N3CC(C(=O)O)O[C@H](C)C3)CC2=O)cc1. The Bertz CT molecular complexity index is 687. The van der Waals surface area contributed by atoms with Crippen molar-refractivity contribution in [3.8, 4) is 0 Å². The highest BCUT2D eigenvalue weighted by atomic mass is 16.5. The van der Waals surface area contributed by atoms with Crippen LogP contribution in [-0.2, 0) is 19.1 Å². The van der Waals surface area contributed by atoms with E-state index in [0.717, 1.165) is 11.3 Å². The number of carboxylic acids is 1. The normalized spacial score (nSPS) is 26.8. The van der Waals surface area contributed by atoms with Crippen molar-refractivity contribution >= 4 is 23.5 Å². The van der Waals surface area contributed by atoms with Gasteiger partial charge in [0.25, 0.3) is 0 Å². The standard InChI is InChI=1S/C18H22N2O5/c1-11-3-5-14(6-4-11)20-9-13(7-16(20)21)17(22)19-8-12(2)25-15(10-19)18(23)24/h3-6,12-13,15H,7-10H2,1-2H3,(H,23,24)/t12-,13?,15?/m1/s1. The van der Waals surface area contributed by atoms with Crippen LogP contribution < -0.4 is 4.90 Å². The minimum Gasteiger partial charge on any atom is -0.479 e. The number of benzene rings is 1. The first-order valence-corrected chi connectivity index (χ1v) is 8.39. The molecule has 0 saturated carbocycles. The second kappa shape index (κ2) is 6.84. The quantitative estimate of drug-likeness (QED) is 0.884. The van der Waals surface area contributed by atoms with E-state index in [1.807, 2.05) is 31.2 Å². The summed E-state index contributed by atoms with van der Waals surface area (Å²) in [7, 11) is 0. The molecule has 2 unspecified atom stereocenters. The molecule has 2 aliphatic rings. The summed E-state index contributed by atoms with van der Waals surface area (Å²) in [6.07, 6.45) is -1.21. The molecule has 25 heavy (non-hydrogen) atoms. The van der Waals surface area contributed by atoms with Gasteiger partial charge in [-0.15, -0.1) is 0 Å². The lowest BCUT2D eigenvalue weighted by atomic mass is 10.1. The first kappa shape index (κ1) is 17.4. The Morgan fingerprint density at radius 1 is 1.16 bits per heavy atom. The van der Waals surface area contributed by atoms with Gasteiger partial charge in [0.15, 0.2) is 6.10 Å². The van der Waals surface area contributed by atoms with Gasteiger partial charge in [-0.3, -0.25) is 9.59 Å². The third-order valence-electron chi connectivity index (χ3n) is 4.67. The molecule has 2 amide bonds. The summed E-state index contributed by atoms with van der Waals surface area (Å²) in [5.41, 5.74) is 1.88. The zero-order valence-corrected chi connectivity index (χ0v) is 14.3. The number of aliphatic carboxylic acids is 1. The summed E-state index contributed by atoms with van der Waals surface area (Å²) in [5, 5.41) is 9.15. The fourth-order valence-electron chi connectivity index (χ4n) is 3.37. The van der Waals surface area contributed by atoms with Crippen LogP contribution in [-0.4, -0.2) is 59.6 Å². The van der Waals surface area contributed by atoms with Crippen molar-refractivity contribution in [2.75, 3.05) is 24.5 Å². The zero-order valence-electron chi connectivity index (χ0n) is 14.3. The summed E-state index contributed by atoms with van der Waals surface area (Å²) in [6.45, 7) is 4.41. The van der Waals surface area contributed by atoms with Gasteiger partial charge in [0.1, 0.15) is 0 Å². The average molecular weight is 346 g/mol. The van der Waals surface area contributed by atoms with Gasteiger partial charge in [-0.25, -0.2) is 4.79 Å². The lowest BCUT2D eigenvalue weighted by molar-refractivity contribution is -0.167. The Morgan fingerprint density at radius 2 is 1.84 bits per heavy atom. The van der Waals surface area contributed by atoms with Crippen LogP contribution in [0.4, 0.5) is 5.69 Å². The van der Waals surface area contributed by atoms with Crippen LogP contribution in [0.25, 0.3) is 0 Å². The van der Waals surface area contributed by atoms with Crippen molar-refractivity contribution in [3.63, 3.8) is 0 Å². The van der Waals surface area contributed by atoms with Crippen LogP contribution >= 0.6 is 0 Å². The van der Waals surface area contributed by atoms with E-state index in [1.54, 1.807) is 11.8 Å². The monoisotopic (exact) mass is 346 g/mol. The fraction of sp³-hybridized carbons (Fsp3) is 0.500. The lowest BCUT2D eigenvalue weighted by Crippen LogP contribution is -2.53. The predicted molar refractivity (Wildman–Crippen MR) is 90.2 cm³/mol. The van der Waals surface area contributed by atoms with Gasteiger partial charge in [0, 0.05) is 25.2 Å². The highest BCUT2D eigenvalue weighted by Crippen LogP contribution is 2.27. The number of hydrogen-bond donors (Lipinski definition) is 1. The van der Waals surface area contributed by atoms with Gasteiger partial charge in [0.2, 0.25) is 11.8 Å². The van der Waals surface area contributed by atoms with Gasteiger partial charge in [-0.2, -0.15) is 0 Å². The fourth-order valence-corrected chi connectivity index (χ4v) is 3.37. The number of rotatable bonds is 3. The number of nitrogens with zero attached hydrogens (tertiary/aromatic N) is 2. The highest BCUT2D eigenvalue weighted by Gasteiger charge is 2.40. The predicted octanol–water partition coefficient (Wildman–Crippen LogP) is 1.05. The number of anilines is 1. The van der Waals surface area contributed by atoms with Crippen molar-refractivity contribution in [1.29, 1.82) is 0 Å². The molecule has 1 aromatic rings. The molecule has 7 heteroatoms. The molecular weight excluding hydrogens is 324 g/mol. The topological polar surface area (TPSA) is 87.2 Å². The van der Waals surface area contributed by atoms with E-state index < -0.39 is 18.0 Å². The smallest absolute Gasteiger partial charge is 0.334 e. The van der Waals surface area contributed by atoms with Crippen LogP contribution in [0.2, 0.25) is 0 Å². The second-order valence-electron chi connectivity index (χ2n) is 6.76. The second-order valence-corrected chi connectivity index (χ2v) is 6.76. The van der Waals surface area contributed by atoms with Gasteiger partial charge in [0.05, 0.1) is 18.6 Å². The maximum Gasteiger partial charge on any atom is 0.334 e. The lowest BCUT2D eigenvalue weighted by Gasteiger charge is -2.36. The maximum atomic E-state index is 12.8. The van der Waals surface area contributed by atoms with E-state index in [2.05, 4.69) is 0 Å². The molecule has 1 N–H and O–H groups in total. The van der Waals surface area contributed by atoms with Crippen LogP contribution in [0.3, 0.4) is 0 Å². The molecular formula is C18H22N2O5. The number of ether oxygens (including phenoxy) is 1. The van der Waals surface area contributed by atoms with Crippen LogP contribution in [0, 0.1) is 12.8 Å². The zero-order chi connectivity index (χ0) is 18.1. The maximum absolute atomic E-state index is 12.8. The number of carbonyl (C=O) groups excluding carboxylic acids is 2. The molecule has 0 radical (unpaired) electrons. The van der Waals surface area contributed by atoms with E-state index >= 15 is 0 Å². The first-order chi connectivity index (χ1) is 11.8. The Morgan fingerprint density at radius 3 is 2.48 bits per heavy atom. The van der Waals surface area contributed by atoms with E-state index in [0.29, 0.717) is 13.1 Å². The number of carbonyl (C=O) groups is 3. The van der Waals surface area contributed by atoms with Crippen LogP contribution in [0.1, 0.15) is 18.9 Å². The van der Waals surface area contributed by atoms with Gasteiger partial charge < -0.3 is 19.6 Å². The molecule has 3 atom stereocenters. The summed E-state index contributed by atoms with van der Waals surface area (Å²) >= 11 is 0. The highest BCUT2D eigenvalue weighted by molar-refractivity contribution is 6.00. The van der Waals surface area contributed by atoms with Crippen molar-refractivity contribution in [2.24, 2.45) is 5.92 Å². The Hall–Kier alpha value is -2.41. The summed E-state index contributed by atoms with van der Waals surface area (Å²) in [4.78, 5) is 39.4. The minimum absolute atomic E-state index is 0.0216. The molecule has 0 aliphatic carbocycles. The van der Waals surface area contributed by atoms with E-state index in [4.69, 9.17) is 9.84 Å². The number of carboxylic acid groups (broad SMARTS) is 1. The van der Waals surface area contributed by atoms with Gasteiger partial charge in [-0.1, -0.05) is 17.7 Å². The minimum atomic E-state index is -1.08. The Labute approximate surface area is 146 Å². The third-order valence-corrected chi connectivity index (χ3v) is 4.67. The summed E-state index contributed by atoms with van der Waals surface area (Å²) in [5.74, 6) is -1.79. The number of hydrogen-bond acceptors (Lipinski definition) is 4. The molecule has 2 aliphatic heterocycles. The molecule has 2 fully saturated rings. The van der Waals surface area contributed by atoms with E-state index in [-0.39, 0.29) is 30.9 Å². The molecule has 134 valence electrons. The number of aryl methyl sites for hydroxylation is 1. The summed E-state index contributed by atoms with van der Waals surface area (Å²) in [6, 6.07) is 7.60. The van der Waals surface area contributed by atoms with Crippen molar-refractivity contribution < 1.29 is 24.2 Å². The van der Waals surface area contributed by atoms with Gasteiger partial charge in [-0.05, 0) is 26.0 Å². The van der Waals surface area contributed by atoms with Crippen molar-refractivity contribution in [3.05, 3.63) is 29.8 Å². The molecule has 2 saturated heterocycles. The summed E-state index contributed by atoms with van der Waals surface area (Å²) < 4.78 is 5.34. The first-order valence-electron chi connectivity index (χ1n) is 8.39. The molecule has 0 bridgehead atoms. The average Bonchev–Trinajstić information content (AvgIpc) is 2.96. The Balaban J connectivity index is 1.70. The van der Waals surface area contributed by atoms with Crippen LogP contribution in [0.15, 0.2) is 24.3 Å². The number of amides is 2. The van der Waals surface area contributed by atoms with Crippen molar-refractivity contribution in [2.45, 2.75) is 32.5 Å². The molecule has 0 aromatic heterocycles. The van der Waals surface area contributed by atoms with Crippen LogP contribution in [0.5, 0.6) is 0 Å². The molecule has 7 nitrogen and oxygen atoms in total. The van der Waals surface area contributed by atoms with E-state index in [9.17, 15) is 14.4 Å². The van der Waals surface area contributed by atoms with E-state index in [1.165, 1.54) is 4.90 Å².